The molecule has 0 aliphatic heterocycles. The average molecular weight is 711 g/mol. The van der Waals surface area contributed by atoms with E-state index < -0.39 is 11.4 Å². The van der Waals surface area contributed by atoms with Gasteiger partial charge in [0.1, 0.15) is 16.9 Å². The van der Waals surface area contributed by atoms with Crippen LogP contribution in [0, 0.1) is 23.6 Å². The lowest BCUT2D eigenvalue weighted by Gasteiger charge is -2.47. The van der Waals surface area contributed by atoms with E-state index in [0.717, 1.165) is 42.4 Å². The van der Waals surface area contributed by atoms with Gasteiger partial charge in [-0.3, -0.25) is 4.79 Å². The highest BCUT2D eigenvalue weighted by Gasteiger charge is 2.49. The van der Waals surface area contributed by atoms with Crippen molar-refractivity contribution in [3.8, 4) is 11.5 Å². The maximum atomic E-state index is 15.8. The number of fused-ring (bicyclic) bond motifs is 5. The van der Waals surface area contributed by atoms with E-state index in [1.54, 1.807) is 6.20 Å². The van der Waals surface area contributed by atoms with Crippen molar-refractivity contribution in [2.24, 2.45) is 17.8 Å². The Morgan fingerprint density at radius 3 is 2.02 bits per heavy atom. The summed E-state index contributed by atoms with van der Waals surface area (Å²) in [6.45, 7) is 2.13. The predicted octanol–water partition coefficient (Wildman–Crippen LogP) is 9.02. The van der Waals surface area contributed by atoms with E-state index in [2.05, 4.69) is 36.4 Å². The molecule has 10 heteroatoms. The molecular weight excluding hydrogens is 675 g/mol. The van der Waals surface area contributed by atoms with Crippen molar-refractivity contribution < 1.29 is 13.9 Å². The van der Waals surface area contributed by atoms with Gasteiger partial charge in [-0.25, -0.2) is 24.0 Å². The number of carbonyl (C=O) groups excluding carboxylic acids is 1. The van der Waals surface area contributed by atoms with Crippen LogP contribution in [0.2, 0.25) is 5.02 Å². The van der Waals surface area contributed by atoms with Gasteiger partial charge in [0.25, 0.3) is 0 Å². The van der Waals surface area contributed by atoms with Gasteiger partial charge in [-0.15, -0.1) is 0 Å². The second-order valence-electron chi connectivity index (χ2n) is 13.9. The molecule has 0 radical (unpaired) electrons. The molecule has 3 aliphatic rings. The summed E-state index contributed by atoms with van der Waals surface area (Å²) >= 11 is 6.65. The number of carbonyl (C=O) groups is 1. The zero-order valence-electron chi connectivity index (χ0n) is 28.6. The summed E-state index contributed by atoms with van der Waals surface area (Å²) in [5.74, 6) is -0.321. The van der Waals surface area contributed by atoms with Crippen LogP contribution < -0.4 is 0 Å². The Kier molecular flexibility index (Phi) is 8.11. The normalized spacial score (nSPS) is 20.1. The van der Waals surface area contributed by atoms with Crippen LogP contribution in [0.1, 0.15) is 55.3 Å². The van der Waals surface area contributed by atoms with Gasteiger partial charge < -0.3 is 9.30 Å². The first kappa shape index (κ1) is 32.5. The molecule has 3 fully saturated rings. The molecule has 3 aromatic carbocycles. The number of hydrogen-bond acceptors (Lipinski definition) is 6. The van der Waals surface area contributed by atoms with Crippen LogP contribution in [-0.4, -0.2) is 41.9 Å². The van der Waals surface area contributed by atoms with Crippen molar-refractivity contribution in [1.82, 2.24) is 29.3 Å². The molecule has 0 saturated heterocycles. The van der Waals surface area contributed by atoms with Crippen LogP contribution in [0.5, 0.6) is 0 Å². The Hall–Kier alpha value is -5.41. The first-order valence-electron chi connectivity index (χ1n) is 17.9. The van der Waals surface area contributed by atoms with Gasteiger partial charge in [-0.05, 0) is 67.2 Å². The van der Waals surface area contributed by atoms with Crippen molar-refractivity contribution in [1.29, 1.82) is 0 Å². The number of ether oxygens (including phenoxy) is 1. The average Bonchev–Trinajstić information content (AvgIpc) is 3.73. The summed E-state index contributed by atoms with van der Waals surface area (Å²) in [5, 5.41) is 6.73. The second-order valence-corrected chi connectivity index (χ2v) is 14.3. The number of benzene rings is 3. The monoisotopic (exact) mass is 710 g/mol. The third-order valence-electron chi connectivity index (χ3n) is 11.2. The fourth-order valence-electron chi connectivity index (χ4n) is 9.00. The van der Waals surface area contributed by atoms with Gasteiger partial charge in [0.15, 0.2) is 17.3 Å². The molecular formula is C42H36ClFN6O2. The van der Waals surface area contributed by atoms with E-state index in [1.807, 2.05) is 76.8 Å². The molecule has 2 atom stereocenters. The fourth-order valence-corrected chi connectivity index (χ4v) is 9.16. The minimum absolute atomic E-state index is 0.186. The van der Waals surface area contributed by atoms with Crippen LogP contribution in [0.15, 0.2) is 116 Å². The number of hydrogen-bond donors (Lipinski definition) is 0. The fraction of sp³-hybridized carbons (Fsp3) is 0.262. The van der Waals surface area contributed by atoms with Gasteiger partial charge in [-0.1, -0.05) is 103 Å². The van der Waals surface area contributed by atoms with E-state index >= 15 is 4.39 Å². The van der Waals surface area contributed by atoms with E-state index in [-0.39, 0.29) is 29.8 Å². The molecule has 0 unspecified atom stereocenters. The predicted molar refractivity (Wildman–Crippen MR) is 198 cm³/mol. The highest BCUT2D eigenvalue weighted by Crippen LogP contribution is 2.53. The molecule has 4 heterocycles. The second kappa shape index (κ2) is 13.0. The summed E-state index contributed by atoms with van der Waals surface area (Å²) in [5.41, 5.74) is 3.42. The first-order chi connectivity index (χ1) is 25.5. The van der Waals surface area contributed by atoms with E-state index in [0.29, 0.717) is 45.2 Å². The maximum Gasteiger partial charge on any atom is 0.311 e. The first-order valence-corrected chi connectivity index (χ1v) is 18.3. The number of halogens is 2. The lowest BCUT2D eigenvalue weighted by atomic mass is 9.61. The summed E-state index contributed by atoms with van der Waals surface area (Å²) in [7, 11) is 0. The van der Waals surface area contributed by atoms with Gasteiger partial charge in [0.05, 0.1) is 34.4 Å². The molecule has 0 N–H and O–H groups in total. The highest BCUT2D eigenvalue weighted by atomic mass is 35.5. The minimum Gasteiger partial charge on any atom is -0.466 e. The molecule has 4 aromatic heterocycles. The lowest BCUT2D eigenvalue weighted by molar-refractivity contribution is -0.157. The van der Waals surface area contributed by atoms with E-state index in [9.17, 15) is 4.79 Å². The maximum absolute atomic E-state index is 15.8. The van der Waals surface area contributed by atoms with Crippen LogP contribution in [0.4, 0.5) is 4.39 Å². The summed E-state index contributed by atoms with van der Waals surface area (Å²) in [6.07, 6.45) is 8.52. The zero-order chi connectivity index (χ0) is 35.4. The van der Waals surface area contributed by atoms with Crippen LogP contribution >= 0.6 is 11.6 Å². The SMILES string of the molecule is CCOC(=O)[C@H]1C2CCC(CC2)[C@@H]1n1cc(F)c2cnc(-c3nn(C(c4ccccc4)(c4ccccc4)c4ccccc4)c4ncc(Cl)cc34)nc21. The van der Waals surface area contributed by atoms with Crippen LogP contribution in [0.25, 0.3) is 33.6 Å². The number of pyridine rings is 1. The van der Waals surface area contributed by atoms with E-state index in [1.165, 1.54) is 12.4 Å². The smallest absolute Gasteiger partial charge is 0.311 e. The van der Waals surface area contributed by atoms with Crippen LogP contribution in [0.3, 0.4) is 0 Å². The van der Waals surface area contributed by atoms with Gasteiger partial charge >= 0.3 is 5.97 Å². The van der Waals surface area contributed by atoms with Crippen molar-refractivity contribution >= 4 is 39.6 Å². The summed E-state index contributed by atoms with van der Waals surface area (Å²) < 4.78 is 25.2. The number of rotatable bonds is 8. The molecule has 7 aromatic rings. The molecule has 52 heavy (non-hydrogen) atoms. The lowest BCUT2D eigenvalue weighted by Crippen LogP contribution is -2.45. The third-order valence-corrected chi connectivity index (χ3v) is 11.4. The Morgan fingerprint density at radius 1 is 0.827 bits per heavy atom. The molecule has 2 bridgehead atoms. The molecule has 3 saturated carbocycles. The van der Waals surface area contributed by atoms with Crippen molar-refractivity contribution in [3.63, 3.8) is 0 Å². The summed E-state index contributed by atoms with van der Waals surface area (Å²) in [6, 6.07) is 32.3. The Labute approximate surface area is 305 Å². The summed E-state index contributed by atoms with van der Waals surface area (Å²) in [4.78, 5) is 28.1. The quantitative estimate of drug-likeness (QED) is 0.116. The largest absolute Gasteiger partial charge is 0.466 e. The van der Waals surface area contributed by atoms with E-state index in [4.69, 9.17) is 36.4 Å². The molecule has 0 amide bonds. The molecule has 8 nitrogen and oxygen atoms in total. The number of nitrogens with zero attached hydrogens (tertiary/aromatic N) is 6. The van der Waals surface area contributed by atoms with Crippen LogP contribution in [-0.2, 0) is 15.1 Å². The molecule has 10 rings (SSSR count). The number of esters is 1. The van der Waals surface area contributed by atoms with Gasteiger partial charge in [0.2, 0.25) is 0 Å². The molecule has 260 valence electrons. The van der Waals surface area contributed by atoms with Crippen molar-refractivity contribution in [3.05, 3.63) is 143 Å². The number of aromatic nitrogens is 6. The Morgan fingerprint density at radius 2 is 1.42 bits per heavy atom. The van der Waals surface area contributed by atoms with Gasteiger partial charge in [-0.2, -0.15) is 5.10 Å². The molecule has 0 spiro atoms. The highest BCUT2D eigenvalue weighted by molar-refractivity contribution is 6.31. The van der Waals surface area contributed by atoms with Gasteiger partial charge in [0, 0.05) is 18.6 Å². The third kappa shape index (κ3) is 5.05. The zero-order valence-corrected chi connectivity index (χ0v) is 29.3. The van der Waals surface area contributed by atoms with Crippen molar-refractivity contribution in [2.45, 2.75) is 44.2 Å². The Balaban J connectivity index is 1.30. The van der Waals surface area contributed by atoms with Crippen molar-refractivity contribution in [2.75, 3.05) is 6.61 Å². The topological polar surface area (TPSA) is 87.7 Å². The minimum atomic E-state index is -0.967. The standard InChI is InChI=1S/C42H36ClFN6O2/c1-2-52-41(51)35-26-18-20-27(21-19-26)37(35)49-25-34(44)33-24-45-38(47-40(33)49)36-32-22-31(43)23-46-39(32)50(48-36)42(28-12-6-3-7-13-28,29-14-8-4-9-15-29)30-16-10-5-11-17-30/h3-17,22-27,35,37H,2,18-21H2,1H3/t26?,27?,35-,37-/m0/s1. The molecule has 3 aliphatic carbocycles. The Bertz CT molecular complexity index is 2310.